The smallest absolute Gasteiger partial charge is 0.0124 e. The van der Waals surface area contributed by atoms with Gasteiger partial charge in [-0.1, -0.05) is 26.2 Å². The lowest BCUT2D eigenvalue weighted by Gasteiger charge is -2.49. The third-order valence-corrected chi connectivity index (χ3v) is 6.34. The Hall–Kier alpha value is -0.0800. The van der Waals surface area contributed by atoms with Crippen molar-refractivity contribution in [2.24, 2.45) is 11.3 Å². The lowest BCUT2D eigenvalue weighted by Crippen LogP contribution is -2.52. The number of likely N-dealkylation sites (tertiary alicyclic amines) is 1. The van der Waals surface area contributed by atoms with Crippen LogP contribution in [0, 0.1) is 11.3 Å². The van der Waals surface area contributed by atoms with Gasteiger partial charge in [0.25, 0.3) is 0 Å². The van der Waals surface area contributed by atoms with Crippen LogP contribution in [0.2, 0.25) is 0 Å². The zero-order valence-corrected chi connectivity index (χ0v) is 13.5. The number of hydrogen-bond donors (Lipinski definition) is 1. The summed E-state index contributed by atoms with van der Waals surface area (Å²) in [7, 11) is 0. The fourth-order valence-electron chi connectivity index (χ4n) is 5.33. The molecule has 2 aliphatic heterocycles. The van der Waals surface area contributed by atoms with Gasteiger partial charge in [0.05, 0.1) is 0 Å². The van der Waals surface area contributed by atoms with E-state index in [0.29, 0.717) is 5.41 Å². The van der Waals surface area contributed by atoms with Crippen LogP contribution in [0.4, 0.5) is 0 Å². The number of nitrogens with zero attached hydrogens (tertiary/aromatic N) is 1. The van der Waals surface area contributed by atoms with E-state index in [4.69, 9.17) is 0 Å². The summed E-state index contributed by atoms with van der Waals surface area (Å²) in [4.78, 5) is 2.94. The molecule has 3 aliphatic rings. The van der Waals surface area contributed by atoms with Crippen molar-refractivity contribution in [3.8, 4) is 0 Å². The molecule has 2 nitrogen and oxygen atoms in total. The molecule has 2 heterocycles. The molecule has 0 amide bonds. The second-order valence-corrected chi connectivity index (χ2v) is 7.72. The molecule has 0 radical (unpaired) electrons. The monoisotopic (exact) mass is 278 g/mol. The molecule has 1 saturated carbocycles. The van der Waals surface area contributed by atoms with Gasteiger partial charge in [0.1, 0.15) is 0 Å². The van der Waals surface area contributed by atoms with E-state index in [1.54, 1.807) is 0 Å². The number of rotatable bonds is 4. The maximum absolute atomic E-state index is 3.57. The Bertz CT molecular complexity index is 288. The van der Waals surface area contributed by atoms with Gasteiger partial charge in [-0.2, -0.15) is 0 Å². The van der Waals surface area contributed by atoms with E-state index in [1.807, 2.05) is 0 Å². The van der Waals surface area contributed by atoms with Crippen LogP contribution in [0.15, 0.2) is 0 Å². The van der Waals surface area contributed by atoms with Gasteiger partial charge in [-0.05, 0) is 75.9 Å². The van der Waals surface area contributed by atoms with E-state index in [9.17, 15) is 0 Å². The van der Waals surface area contributed by atoms with Crippen LogP contribution in [-0.2, 0) is 0 Å². The van der Waals surface area contributed by atoms with Crippen molar-refractivity contribution in [1.82, 2.24) is 10.2 Å². The Morgan fingerprint density at radius 2 is 1.80 bits per heavy atom. The summed E-state index contributed by atoms with van der Waals surface area (Å²) in [6.45, 7) is 7.68. The summed E-state index contributed by atoms with van der Waals surface area (Å²) in [5, 5.41) is 3.57. The molecule has 0 bridgehead atoms. The molecule has 0 unspecified atom stereocenters. The number of piperidine rings is 2. The fourth-order valence-corrected chi connectivity index (χ4v) is 5.33. The maximum Gasteiger partial charge on any atom is 0.0124 e. The maximum atomic E-state index is 3.57. The standard InChI is InChI=1S/C18H34N2/c1-2-9-18(10-12-19-13-11-18)15-20-14-5-7-16-6-3-4-8-17(16)20/h16-17,19H,2-15H2,1H3/t16-,17-/m1/s1. The van der Waals surface area contributed by atoms with Gasteiger partial charge < -0.3 is 5.32 Å². The average Bonchev–Trinajstić information content (AvgIpc) is 2.49. The zero-order chi connectivity index (χ0) is 13.8. The molecule has 1 N–H and O–H groups in total. The van der Waals surface area contributed by atoms with Gasteiger partial charge in [-0.3, -0.25) is 4.90 Å². The topological polar surface area (TPSA) is 15.3 Å². The first-order chi connectivity index (χ1) is 9.83. The normalized spacial score (nSPS) is 34.6. The zero-order valence-electron chi connectivity index (χ0n) is 13.5. The van der Waals surface area contributed by atoms with Crippen molar-refractivity contribution in [3.05, 3.63) is 0 Å². The lowest BCUT2D eigenvalue weighted by molar-refractivity contribution is 0.00929. The van der Waals surface area contributed by atoms with Gasteiger partial charge in [-0.15, -0.1) is 0 Å². The highest BCUT2D eigenvalue weighted by atomic mass is 15.2. The Balaban J connectivity index is 1.66. The van der Waals surface area contributed by atoms with Gasteiger partial charge in [0.15, 0.2) is 0 Å². The van der Waals surface area contributed by atoms with Gasteiger partial charge in [0, 0.05) is 12.6 Å². The average molecular weight is 278 g/mol. The van der Waals surface area contributed by atoms with Gasteiger partial charge in [0.2, 0.25) is 0 Å². The molecule has 20 heavy (non-hydrogen) atoms. The van der Waals surface area contributed by atoms with Crippen LogP contribution in [0.1, 0.15) is 71.1 Å². The lowest BCUT2D eigenvalue weighted by atomic mass is 9.72. The van der Waals surface area contributed by atoms with E-state index >= 15 is 0 Å². The molecule has 116 valence electrons. The van der Waals surface area contributed by atoms with E-state index < -0.39 is 0 Å². The molecule has 3 fully saturated rings. The van der Waals surface area contributed by atoms with Crippen LogP contribution in [-0.4, -0.2) is 37.1 Å². The highest BCUT2D eigenvalue weighted by Gasteiger charge is 2.39. The summed E-state index contributed by atoms with van der Waals surface area (Å²) in [6, 6.07) is 0.945. The third-order valence-electron chi connectivity index (χ3n) is 6.34. The number of fused-ring (bicyclic) bond motifs is 1. The minimum Gasteiger partial charge on any atom is -0.317 e. The van der Waals surface area contributed by atoms with Gasteiger partial charge in [-0.25, -0.2) is 0 Å². The molecule has 3 rings (SSSR count). The Kier molecular flexibility index (Phi) is 5.04. The van der Waals surface area contributed by atoms with Crippen molar-refractivity contribution in [1.29, 1.82) is 0 Å². The SMILES string of the molecule is CCCC1(CN2CCC[C@H]3CCCC[C@H]32)CCNCC1. The molecular formula is C18H34N2. The quantitative estimate of drug-likeness (QED) is 0.841. The third kappa shape index (κ3) is 3.22. The second kappa shape index (κ2) is 6.79. The second-order valence-electron chi connectivity index (χ2n) is 7.72. The molecule has 0 aromatic rings. The van der Waals surface area contributed by atoms with E-state index in [2.05, 4.69) is 17.1 Å². The molecule has 0 aromatic carbocycles. The van der Waals surface area contributed by atoms with Crippen LogP contribution >= 0.6 is 0 Å². The van der Waals surface area contributed by atoms with Crippen LogP contribution in [0.3, 0.4) is 0 Å². The Morgan fingerprint density at radius 1 is 1.05 bits per heavy atom. The van der Waals surface area contributed by atoms with E-state index in [-0.39, 0.29) is 0 Å². The Morgan fingerprint density at radius 3 is 2.60 bits per heavy atom. The summed E-state index contributed by atoms with van der Waals surface area (Å²) >= 11 is 0. The fraction of sp³-hybridized carbons (Fsp3) is 1.00. The molecule has 0 aromatic heterocycles. The largest absolute Gasteiger partial charge is 0.317 e. The first-order valence-electron chi connectivity index (χ1n) is 9.28. The van der Waals surface area contributed by atoms with E-state index in [0.717, 1.165) is 12.0 Å². The molecule has 2 atom stereocenters. The molecule has 0 spiro atoms. The summed E-state index contributed by atoms with van der Waals surface area (Å²) < 4.78 is 0. The number of nitrogens with one attached hydrogen (secondary N) is 1. The van der Waals surface area contributed by atoms with Crippen molar-refractivity contribution in [2.45, 2.75) is 77.2 Å². The first kappa shape index (κ1) is 14.8. The highest BCUT2D eigenvalue weighted by Crippen LogP contribution is 2.40. The molecule has 1 aliphatic carbocycles. The summed E-state index contributed by atoms with van der Waals surface area (Å²) in [5.74, 6) is 1.04. The predicted molar refractivity (Wildman–Crippen MR) is 86.0 cm³/mol. The Labute approximate surface area is 125 Å². The van der Waals surface area contributed by atoms with Crippen molar-refractivity contribution in [3.63, 3.8) is 0 Å². The van der Waals surface area contributed by atoms with E-state index in [1.165, 1.54) is 90.4 Å². The van der Waals surface area contributed by atoms with Crippen LogP contribution in [0.25, 0.3) is 0 Å². The van der Waals surface area contributed by atoms with Crippen molar-refractivity contribution in [2.75, 3.05) is 26.2 Å². The van der Waals surface area contributed by atoms with Crippen LogP contribution < -0.4 is 5.32 Å². The molecular weight excluding hydrogens is 244 g/mol. The minimum absolute atomic E-state index is 0.638. The van der Waals surface area contributed by atoms with Crippen molar-refractivity contribution < 1.29 is 0 Å². The number of hydrogen-bond acceptors (Lipinski definition) is 2. The minimum atomic E-state index is 0.638. The highest BCUT2D eigenvalue weighted by molar-refractivity contribution is 4.93. The molecule has 2 heteroatoms. The first-order valence-corrected chi connectivity index (χ1v) is 9.28. The summed E-state index contributed by atoms with van der Waals surface area (Å²) in [5.41, 5.74) is 0.638. The van der Waals surface area contributed by atoms with Crippen LogP contribution in [0.5, 0.6) is 0 Å². The summed E-state index contributed by atoms with van der Waals surface area (Å²) in [6.07, 6.45) is 14.6. The predicted octanol–water partition coefficient (Wildman–Crippen LogP) is 3.81. The molecule has 2 saturated heterocycles. The van der Waals surface area contributed by atoms with Crippen molar-refractivity contribution >= 4 is 0 Å². The van der Waals surface area contributed by atoms with Gasteiger partial charge >= 0.3 is 0 Å².